The summed E-state index contributed by atoms with van der Waals surface area (Å²) in [6.07, 6.45) is 0.973. The number of anilines is 2. The molecule has 0 spiro atoms. The van der Waals surface area contributed by atoms with Crippen molar-refractivity contribution in [3.8, 4) is 0 Å². The van der Waals surface area contributed by atoms with Crippen LogP contribution in [0.4, 0.5) is 11.9 Å². The number of hydrogen-bond donors (Lipinski definition) is 3. The van der Waals surface area contributed by atoms with E-state index in [-0.39, 0.29) is 17.9 Å². The molecule has 6 nitrogen and oxygen atoms in total. The lowest BCUT2D eigenvalue weighted by atomic mass is 10.3. The van der Waals surface area contributed by atoms with Crippen LogP contribution in [0.25, 0.3) is 0 Å². The summed E-state index contributed by atoms with van der Waals surface area (Å²) in [6, 6.07) is 0.228. The van der Waals surface area contributed by atoms with Gasteiger partial charge in [0.25, 0.3) is 0 Å². The van der Waals surface area contributed by atoms with Gasteiger partial charge in [0.15, 0.2) is 0 Å². The lowest BCUT2D eigenvalue weighted by Crippen LogP contribution is -2.15. The number of nitrogen functional groups attached to an aromatic ring is 2. The fourth-order valence-corrected chi connectivity index (χ4v) is 1.95. The second kappa shape index (κ2) is 5.72. The fourth-order valence-electron chi connectivity index (χ4n) is 0.954. The summed E-state index contributed by atoms with van der Waals surface area (Å²) >= 11 is 1.71. The summed E-state index contributed by atoms with van der Waals surface area (Å²) in [5.41, 5.74) is 16.5. The van der Waals surface area contributed by atoms with Crippen molar-refractivity contribution in [1.29, 1.82) is 0 Å². The Labute approximate surface area is 93.1 Å². The maximum atomic E-state index is 5.63. The highest BCUT2D eigenvalue weighted by Gasteiger charge is 2.02. The Hall–Kier alpha value is -1.08. The molecule has 0 aliphatic carbocycles. The van der Waals surface area contributed by atoms with Crippen LogP contribution in [0.5, 0.6) is 0 Å². The minimum absolute atomic E-state index is 0.172. The van der Waals surface area contributed by atoms with Gasteiger partial charge in [0.2, 0.25) is 11.9 Å². The van der Waals surface area contributed by atoms with Crippen LogP contribution in [-0.4, -0.2) is 26.7 Å². The van der Waals surface area contributed by atoms with E-state index in [2.05, 4.69) is 15.0 Å². The third-order valence-electron chi connectivity index (χ3n) is 1.67. The molecule has 0 saturated heterocycles. The van der Waals surface area contributed by atoms with Crippen molar-refractivity contribution in [2.75, 3.05) is 17.2 Å². The highest BCUT2D eigenvalue weighted by molar-refractivity contribution is 7.98. The molecule has 0 aliphatic heterocycles. The molecule has 1 unspecified atom stereocenters. The smallest absolute Gasteiger partial charge is 0.225 e. The van der Waals surface area contributed by atoms with Crippen LogP contribution in [0.3, 0.4) is 0 Å². The SMILES string of the molecule is CC(N)CCSCc1nc(N)nc(N)n1. The van der Waals surface area contributed by atoms with Crippen molar-refractivity contribution in [3.05, 3.63) is 5.82 Å². The van der Waals surface area contributed by atoms with Crippen molar-refractivity contribution in [3.63, 3.8) is 0 Å². The first-order valence-corrected chi connectivity index (χ1v) is 5.82. The van der Waals surface area contributed by atoms with E-state index in [9.17, 15) is 0 Å². The summed E-state index contributed by atoms with van der Waals surface area (Å²) in [5, 5.41) is 0. The summed E-state index contributed by atoms with van der Waals surface area (Å²) in [5.74, 6) is 2.62. The lowest BCUT2D eigenvalue weighted by Gasteiger charge is -2.04. The molecule has 0 saturated carbocycles. The van der Waals surface area contributed by atoms with Crippen molar-refractivity contribution in [2.24, 2.45) is 5.73 Å². The quantitative estimate of drug-likeness (QED) is 0.607. The third-order valence-corrected chi connectivity index (χ3v) is 2.65. The van der Waals surface area contributed by atoms with Gasteiger partial charge in [-0.25, -0.2) is 0 Å². The fraction of sp³-hybridized carbons (Fsp3) is 0.625. The van der Waals surface area contributed by atoms with E-state index in [0.29, 0.717) is 11.6 Å². The molecule has 0 aromatic carbocycles. The van der Waals surface area contributed by atoms with Crippen molar-refractivity contribution in [2.45, 2.75) is 25.1 Å². The highest BCUT2D eigenvalue weighted by Crippen LogP contribution is 2.11. The molecule has 1 aromatic rings. The number of hydrogen-bond acceptors (Lipinski definition) is 7. The zero-order valence-electron chi connectivity index (χ0n) is 8.68. The Kier molecular flexibility index (Phi) is 4.57. The summed E-state index contributed by atoms with van der Waals surface area (Å²) in [6.45, 7) is 1.99. The molecule has 7 heteroatoms. The number of aromatic nitrogens is 3. The highest BCUT2D eigenvalue weighted by atomic mass is 32.2. The molecule has 84 valence electrons. The Balaban J connectivity index is 2.37. The molecule has 1 rings (SSSR count). The first-order valence-electron chi connectivity index (χ1n) is 4.67. The van der Waals surface area contributed by atoms with Gasteiger partial charge < -0.3 is 17.2 Å². The van der Waals surface area contributed by atoms with Crippen molar-refractivity contribution >= 4 is 23.7 Å². The summed E-state index contributed by atoms with van der Waals surface area (Å²) < 4.78 is 0. The van der Waals surface area contributed by atoms with E-state index in [0.717, 1.165) is 12.2 Å². The van der Waals surface area contributed by atoms with Gasteiger partial charge in [0.05, 0.1) is 5.75 Å². The standard InChI is InChI=1S/C8H16N6S/c1-5(9)2-3-15-4-6-12-7(10)14-8(11)13-6/h5H,2-4,9H2,1H3,(H4,10,11,12,13,14). The van der Waals surface area contributed by atoms with Crippen molar-refractivity contribution < 1.29 is 0 Å². The van der Waals surface area contributed by atoms with Gasteiger partial charge in [-0.2, -0.15) is 26.7 Å². The number of nitrogens with two attached hydrogens (primary N) is 3. The van der Waals surface area contributed by atoms with E-state index in [1.165, 1.54) is 0 Å². The summed E-state index contributed by atoms with van der Waals surface area (Å²) in [4.78, 5) is 11.6. The summed E-state index contributed by atoms with van der Waals surface area (Å²) in [7, 11) is 0. The topological polar surface area (TPSA) is 117 Å². The minimum Gasteiger partial charge on any atom is -0.368 e. The van der Waals surface area contributed by atoms with Gasteiger partial charge in [0.1, 0.15) is 5.82 Å². The van der Waals surface area contributed by atoms with Crippen LogP contribution in [0, 0.1) is 0 Å². The molecule has 1 heterocycles. The molecule has 0 amide bonds. The van der Waals surface area contributed by atoms with E-state index in [1.807, 2.05) is 6.92 Å². The van der Waals surface area contributed by atoms with Gasteiger partial charge in [-0.15, -0.1) is 0 Å². The molecule has 6 N–H and O–H groups in total. The molecular formula is C8H16N6S. The normalized spacial score (nSPS) is 12.7. The maximum Gasteiger partial charge on any atom is 0.225 e. The lowest BCUT2D eigenvalue weighted by molar-refractivity contribution is 0.721. The molecule has 0 aliphatic rings. The average Bonchev–Trinajstić information content (AvgIpc) is 2.10. The van der Waals surface area contributed by atoms with Crippen LogP contribution in [0.1, 0.15) is 19.2 Å². The molecular weight excluding hydrogens is 212 g/mol. The molecule has 1 aromatic heterocycles. The van der Waals surface area contributed by atoms with E-state index in [1.54, 1.807) is 11.8 Å². The Bertz CT molecular complexity index is 296. The van der Waals surface area contributed by atoms with Crippen LogP contribution >= 0.6 is 11.8 Å². The average molecular weight is 228 g/mol. The predicted octanol–water partition coefficient (Wildman–Crippen LogP) is 0.00650. The zero-order valence-corrected chi connectivity index (χ0v) is 9.50. The Morgan fingerprint density at radius 2 is 1.80 bits per heavy atom. The maximum absolute atomic E-state index is 5.63. The third kappa shape index (κ3) is 4.80. The number of nitrogens with zero attached hydrogens (tertiary/aromatic N) is 3. The van der Waals surface area contributed by atoms with Gasteiger partial charge in [-0.3, -0.25) is 0 Å². The zero-order chi connectivity index (χ0) is 11.3. The molecule has 0 bridgehead atoms. The number of thioether (sulfide) groups is 1. The van der Waals surface area contributed by atoms with Crippen LogP contribution in [0.2, 0.25) is 0 Å². The second-order valence-corrected chi connectivity index (χ2v) is 4.39. The molecule has 0 radical (unpaired) electrons. The van der Waals surface area contributed by atoms with E-state index >= 15 is 0 Å². The second-order valence-electron chi connectivity index (χ2n) is 3.29. The van der Waals surface area contributed by atoms with Gasteiger partial charge in [0, 0.05) is 6.04 Å². The first-order chi connectivity index (χ1) is 7.08. The Morgan fingerprint density at radius 3 is 2.33 bits per heavy atom. The minimum atomic E-state index is 0.172. The van der Waals surface area contributed by atoms with E-state index < -0.39 is 0 Å². The van der Waals surface area contributed by atoms with Gasteiger partial charge in [-0.1, -0.05) is 0 Å². The monoisotopic (exact) mass is 228 g/mol. The molecule has 1 atom stereocenters. The van der Waals surface area contributed by atoms with Crippen LogP contribution in [-0.2, 0) is 5.75 Å². The van der Waals surface area contributed by atoms with Gasteiger partial charge in [-0.05, 0) is 19.1 Å². The van der Waals surface area contributed by atoms with Crippen molar-refractivity contribution in [1.82, 2.24) is 15.0 Å². The van der Waals surface area contributed by atoms with Gasteiger partial charge >= 0.3 is 0 Å². The molecule has 15 heavy (non-hydrogen) atoms. The van der Waals surface area contributed by atoms with Crippen LogP contribution in [0.15, 0.2) is 0 Å². The largest absolute Gasteiger partial charge is 0.368 e. The van der Waals surface area contributed by atoms with Crippen LogP contribution < -0.4 is 17.2 Å². The predicted molar refractivity (Wildman–Crippen MR) is 63.1 cm³/mol. The molecule has 0 fully saturated rings. The number of rotatable bonds is 5. The Morgan fingerprint density at radius 1 is 1.20 bits per heavy atom. The van der Waals surface area contributed by atoms with E-state index in [4.69, 9.17) is 17.2 Å². The first kappa shape index (κ1) is 12.0.